The van der Waals surface area contributed by atoms with Gasteiger partial charge in [0.15, 0.2) is 0 Å². The fraction of sp³-hybridized carbons (Fsp3) is 0.417. The molecule has 0 aliphatic rings. The quantitative estimate of drug-likeness (QED) is 0.736. The summed E-state index contributed by atoms with van der Waals surface area (Å²) in [6.45, 7) is 3.96. The first-order chi connectivity index (χ1) is 7.10. The monoisotopic (exact) mass is 226 g/mol. The molecule has 1 atom stereocenters. The zero-order valence-corrected chi connectivity index (χ0v) is 9.97. The van der Waals surface area contributed by atoms with Crippen LogP contribution in [0.15, 0.2) is 12.1 Å². The normalized spacial score (nSPS) is 12.3. The molecule has 0 saturated carbocycles. The van der Waals surface area contributed by atoms with Gasteiger partial charge in [0.2, 0.25) is 0 Å². The molecule has 0 fully saturated rings. The number of carbonyl (C=O) groups excluding carboxylic acids is 1. The predicted molar refractivity (Wildman–Crippen MR) is 61.8 cm³/mol. The van der Waals surface area contributed by atoms with Crippen molar-refractivity contribution in [2.45, 2.75) is 26.2 Å². The molecule has 0 spiro atoms. The summed E-state index contributed by atoms with van der Waals surface area (Å²) in [6, 6.07) is 3.89. The van der Waals surface area contributed by atoms with Crippen LogP contribution in [0.25, 0.3) is 0 Å². The van der Waals surface area contributed by atoms with E-state index in [4.69, 9.17) is 16.3 Å². The lowest BCUT2D eigenvalue weighted by atomic mass is 9.96. The highest BCUT2D eigenvalue weighted by Crippen LogP contribution is 2.34. The van der Waals surface area contributed by atoms with E-state index in [2.05, 4.69) is 0 Å². The number of hydrogen-bond donors (Lipinski definition) is 0. The highest BCUT2D eigenvalue weighted by molar-refractivity contribution is 6.33. The molecule has 0 radical (unpaired) electrons. The van der Waals surface area contributed by atoms with E-state index in [9.17, 15) is 4.79 Å². The van der Waals surface area contributed by atoms with Gasteiger partial charge in [-0.15, -0.1) is 0 Å². The molecule has 1 rings (SSSR count). The SMILES string of the molecule is COc1cc(C)cc(C(C)CC=O)c1Cl. The van der Waals surface area contributed by atoms with E-state index >= 15 is 0 Å². The zero-order chi connectivity index (χ0) is 11.4. The molecule has 1 aromatic carbocycles. The van der Waals surface area contributed by atoms with Gasteiger partial charge in [0.05, 0.1) is 12.1 Å². The number of aldehydes is 1. The Labute approximate surface area is 95.2 Å². The van der Waals surface area contributed by atoms with Gasteiger partial charge in [0, 0.05) is 6.42 Å². The van der Waals surface area contributed by atoms with Crippen molar-refractivity contribution in [1.29, 1.82) is 0 Å². The van der Waals surface area contributed by atoms with Crippen molar-refractivity contribution in [2.75, 3.05) is 7.11 Å². The number of aryl methyl sites for hydroxylation is 1. The molecule has 0 aliphatic heterocycles. The fourth-order valence-electron chi connectivity index (χ4n) is 1.54. The van der Waals surface area contributed by atoms with Crippen LogP contribution < -0.4 is 4.74 Å². The largest absolute Gasteiger partial charge is 0.495 e. The molecule has 0 amide bonds. The molecular formula is C12H15ClO2. The third kappa shape index (κ3) is 2.72. The Balaban J connectivity index is 3.16. The second-order valence-electron chi connectivity index (χ2n) is 3.67. The molecule has 0 aliphatic carbocycles. The Morgan fingerprint density at radius 2 is 2.20 bits per heavy atom. The van der Waals surface area contributed by atoms with Crippen LogP contribution in [0.3, 0.4) is 0 Å². The smallest absolute Gasteiger partial charge is 0.138 e. The Morgan fingerprint density at radius 3 is 2.73 bits per heavy atom. The first kappa shape index (κ1) is 12.1. The Kier molecular flexibility index (Phi) is 4.15. The van der Waals surface area contributed by atoms with Crippen molar-refractivity contribution < 1.29 is 9.53 Å². The number of hydrogen-bond acceptors (Lipinski definition) is 2. The maximum absolute atomic E-state index is 10.5. The van der Waals surface area contributed by atoms with E-state index in [-0.39, 0.29) is 5.92 Å². The molecule has 0 bridgehead atoms. The van der Waals surface area contributed by atoms with Gasteiger partial charge in [-0.25, -0.2) is 0 Å². The lowest BCUT2D eigenvalue weighted by molar-refractivity contribution is -0.108. The van der Waals surface area contributed by atoms with Gasteiger partial charge in [-0.05, 0) is 30.0 Å². The van der Waals surface area contributed by atoms with Crippen LogP contribution in [0, 0.1) is 6.92 Å². The molecule has 0 N–H and O–H groups in total. The minimum Gasteiger partial charge on any atom is -0.495 e. The van der Waals surface area contributed by atoms with E-state index in [1.54, 1.807) is 7.11 Å². The Morgan fingerprint density at radius 1 is 1.53 bits per heavy atom. The lowest BCUT2D eigenvalue weighted by Crippen LogP contribution is -1.98. The van der Waals surface area contributed by atoms with Crippen LogP contribution in [-0.2, 0) is 4.79 Å². The molecule has 2 nitrogen and oxygen atoms in total. The summed E-state index contributed by atoms with van der Waals surface area (Å²) in [4.78, 5) is 10.5. The maximum atomic E-state index is 10.5. The van der Waals surface area contributed by atoms with Crippen molar-refractivity contribution in [3.05, 3.63) is 28.3 Å². The van der Waals surface area contributed by atoms with Crippen LogP contribution in [-0.4, -0.2) is 13.4 Å². The average molecular weight is 227 g/mol. The first-order valence-electron chi connectivity index (χ1n) is 4.87. The summed E-state index contributed by atoms with van der Waals surface area (Å²) in [5.74, 6) is 0.799. The van der Waals surface area contributed by atoms with E-state index < -0.39 is 0 Å². The van der Waals surface area contributed by atoms with E-state index in [1.165, 1.54) is 0 Å². The van der Waals surface area contributed by atoms with Crippen LogP contribution in [0.5, 0.6) is 5.75 Å². The third-order valence-electron chi connectivity index (χ3n) is 2.41. The van der Waals surface area contributed by atoms with Gasteiger partial charge in [-0.1, -0.05) is 24.6 Å². The summed E-state index contributed by atoms with van der Waals surface area (Å²) < 4.78 is 5.17. The number of methoxy groups -OCH3 is 1. The van der Waals surface area contributed by atoms with E-state index in [0.29, 0.717) is 17.2 Å². The van der Waals surface area contributed by atoms with Crippen molar-refractivity contribution in [1.82, 2.24) is 0 Å². The highest BCUT2D eigenvalue weighted by Gasteiger charge is 2.13. The van der Waals surface area contributed by atoms with Gasteiger partial charge in [-0.2, -0.15) is 0 Å². The summed E-state index contributed by atoms with van der Waals surface area (Å²) >= 11 is 6.17. The minimum atomic E-state index is 0.129. The molecule has 0 aromatic heterocycles. The van der Waals surface area contributed by atoms with Crippen molar-refractivity contribution in [3.63, 3.8) is 0 Å². The van der Waals surface area contributed by atoms with Crippen LogP contribution in [0.4, 0.5) is 0 Å². The standard InChI is InChI=1S/C12H15ClO2/c1-8-6-10(9(2)4-5-14)12(13)11(7-8)15-3/h5-7,9H,4H2,1-3H3. The second kappa shape index (κ2) is 5.17. The van der Waals surface area contributed by atoms with Crippen LogP contribution >= 0.6 is 11.6 Å². The molecule has 82 valence electrons. The van der Waals surface area contributed by atoms with Gasteiger partial charge >= 0.3 is 0 Å². The zero-order valence-electron chi connectivity index (χ0n) is 9.21. The second-order valence-corrected chi connectivity index (χ2v) is 4.05. The third-order valence-corrected chi connectivity index (χ3v) is 2.82. The molecule has 1 aromatic rings. The van der Waals surface area contributed by atoms with Gasteiger partial charge < -0.3 is 9.53 Å². The first-order valence-corrected chi connectivity index (χ1v) is 5.25. The van der Waals surface area contributed by atoms with Crippen molar-refractivity contribution in [2.24, 2.45) is 0 Å². The topological polar surface area (TPSA) is 26.3 Å². The van der Waals surface area contributed by atoms with Crippen molar-refractivity contribution >= 4 is 17.9 Å². The lowest BCUT2D eigenvalue weighted by Gasteiger charge is -2.14. The molecular weight excluding hydrogens is 212 g/mol. The Hall–Kier alpha value is -1.02. The van der Waals surface area contributed by atoms with Gasteiger partial charge in [-0.3, -0.25) is 0 Å². The van der Waals surface area contributed by atoms with Gasteiger partial charge in [0.25, 0.3) is 0 Å². The minimum absolute atomic E-state index is 0.129. The molecule has 0 heterocycles. The highest BCUT2D eigenvalue weighted by atomic mass is 35.5. The maximum Gasteiger partial charge on any atom is 0.138 e. The Bertz CT molecular complexity index is 361. The van der Waals surface area contributed by atoms with E-state index in [0.717, 1.165) is 17.4 Å². The number of carbonyl (C=O) groups is 1. The number of halogens is 1. The fourth-order valence-corrected chi connectivity index (χ4v) is 1.91. The van der Waals surface area contributed by atoms with Crippen LogP contribution in [0.1, 0.15) is 30.4 Å². The number of rotatable bonds is 4. The predicted octanol–water partition coefficient (Wildman–Crippen LogP) is 3.35. The van der Waals surface area contributed by atoms with Gasteiger partial charge in [0.1, 0.15) is 12.0 Å². The number of benzene rings is 1. The van der Waals surface area contributed by atoms with E-state index in [1.807, 2.05) is 26.0 Å². The summed E-state index contributed by atoms with van der Waals surface area (Å²) in [6.07, 6.45) is 1.39. The molecule has 15 heavy (non-hydrogen) atoms. The number of ether oxygens (including phenoxy) is 1. The average Bonchev–Trinajstić information content (AvgIpc) is 2.21. The summed E-state index contributed by atoms with van der Waals surface area (Å²) in [5, 5.41) is 0.609. The summed E-state index contributed by atoms with van der Waals surface area (Å²) in [7, 11) is 1.59. The van der Waals surface area contributed by atoms with Crippen LogP contribution in [0.2, 0.25) is 5.02 Å². The summed E-state index contributed by atoms with van der Waals surface area (Å²) in [5.41, 5.74) is 2.06. The molecule has 0 saturated heterocycles. The molecule has 3 heteroatoms. The molecule has 1 unspecified atom stereocenters. The van der Waals surface area contributed by atoms with Crippen molar-refractivity contribution in [3.8, 4) is 5.75 Å².